The lowest BCUT2D eigenvalue weighted by Gasteiger charge is -2.43. The summed E-state index contributed by atoms with van der Waals surface area (Å²) in [5.41, 5.74) is 0. The highest BCUT2D eigenvalue weighted by Crippen LogP contribution is 2.70. The third-order valence-corrected chi connectivity index (χ3v) is 10.1. The maximum Gasteiger partial charge on any atom is 0.695 e. The van der Waals surface area contributed by atoms with E-state index in [1.807, 2.05) is 0 Å². The number of phosphoric ester groups is 4. The van der Waals surface area contributed by atoms with Gasteiger partial charge in [0.05, 0.1) is 0 Å². The molecule has 1 aliphatic carbocycles. The summed E-state index contributed by atoms with van der Waals surface area (Å²) in [6.45, 7) is 0. The first-order valence-corrected chi connectivity index (χ1v) is 16.4. The average molecular weight is 608 g/mol. The van der Waals surface area contributed by atoms with Gasteiger partial charge in [-0.15, -0.1) is 13.9 Å². The van der Waals surface area contributed by atoms with E-state index in [1.54, 1.807) is 0 Å². The van der Waals surface area contributed by atoms with E-state index in [9.17, 15) is 57.1 Å². The summed E-state index contributed by atoms with van der Waals surface area (Å²) in [4.78, 5) is 75.8. The van der Waals surface area contributed by atoms with Gasteiger partial charge in [-0.25, -0.2) is 18.3 Å². The fraction of sp³-hybridized carbons (Fsp3) is 1.00. The third-order valence-electron chi connectivity index (χ3n) is 3.85. The summed E-state index contributed by atoms with van der Waals surface area (Å²) in [7, 11) is -31.7. The SMILES string of the molecule is O=[P+](O)OC1C2OP(=O)(O)OP(=O)(O)OC2C2OP(=O)(O)OP(=O)(O)OC2C1O[P+](O)(O)O. The van der Waals surface area contributed by atoms with Crippen LogP contribution in [-0.2, 0) is 58.6 Å². The van der Waals surface area contributed by atoms with Crippen molar-refractivity contribution in [1.29, 1.82) is 0 Å². The first kappa shape index (κ1) is 28.4. The van der Waals surface area contributed by atoms with Gasteiger partial charge in [0, 0.05) is 4.57 Å². The number of hydrogen-bond acceptors (Lipinski definition) is 16. The van der Waals surface area contributed by atoms with Crippen LogP contribution in [-0.4, -0.2) is 75.8 Å². The first-order valence-electron chi connectivity index (χ1n) is 7.75. The van der Waals surface area contributed by atoms with Crippen LogP contribution in [0.4, 0.5) is 0 Å². The minimum atomic E-state index is -5.63. The first-order chi connectivity index (χ1) is 14.7. The largest absolute Gasteiger partial charge is 0.695 e. The zero-order valence-electron chi connectivity index (χ0n) is 15.0. The Morgan fingerprint density at radius 2 is 1.00 bits per heavy atom. The van der Waals surface area contributed by atoms with Crippen LogP contribution in [0, 0.1) is 0 Å². The van der Waals surface area contributed by atoms with Gasteiger partial charge in [-0.05, 0) is 0 Å². The van der Waals surface area contributed by atoms with E-state index in [2.05, 4.69) is 35.8 Å². The molecule has 0 aromatic rings. The minimum Gasteiger partial charge on any atom is -0.302 e. The summed E-state index contributed by atoms with van der Waals surface area (Å²) in [6, 6.07) is 0. The van der Waals surface area contributed by atoms with Crippen molar-refractivity contribution in [2.24, 2.45) is 0 Å². The Kier molecular flexibility index (Phi) is 7.98. The van der Waals surface area contributed by atoms with E-state index in [1.165, 1.54) is 0 Å². The molecule has 0 aromatic heterocycles. The molecule has 0 radical (unpaired) electrons. The molecule has 3 fully saturated rings. The van der Waals surface area contributed by atoms with E-state index in [4.69, 9.17) is 4.89 Å². The van der Waals surface area contributed by atoms with Crippen LogP contribution in [0.2, 0.25) is 0 Å². The lowest BCUT2D eigenvalue weighted by molar-refractivity contribution is -0.190. The Balaban J connectivity index is 2.22. The summed E-state index contributed by atoms with van der Waals surface area (Å²) in [6.07, 6.45) is -14.8. The molecule has 2 saturated heterocycles. The van der Waals surface area contributed by atoms with Crippen molar-refractivity contribution in [1.82, 2.24) is 0 Å². The molecule has 33 heavy (non-hydrogen) atoms. The fourth-order valence-corrected chi connectivity index (χ4v) is 8.97. The average Bonchev–Trinajstić information content (AvgIpc) is 2.69. The van der Waals surface area contributed by atoms with Gasteiger partial charge in [0.25, 0.3) is 0 Å². The smallest absolute Gasteiger partial charge is 0.302 e. The minimum absolute atomic E-state index is 2.43. The normalized spacial score (nSPS) is 51.6. The topological polar surface area (TPSA) is 321 Å². The quantitative estimate of drug-likeness (QED) is 0.179. The molecule has 2 aliphatic heterocycles. The van der Waals surface area contributed by atoms with Crippen LogP contribution in [0.1, 0.15) is 0 Å². The fourth-order valence-electron chi connectivity index (χ4n) is 3.06. The number of phosphoric acid groups is 4. The zero-order valence-corrected chi connectivity index (χ0v) is 20.4. The molecule has 0 aromatic carbocycles. The number of hydrogen-bond donors (Lipinski definition) is 8. The highest BCUT2D eigenvalue weighted by Gasteiger charge is 2.68. The van der Waals surface area contributed by atoms with Crippen molar-refractivity contribution in [2.45, 2.75) is 36.6 Å². The van der Waals surface area contributed by atoms with Gasteiger partial charge in [-0.3, -0.25) is 18.1 Å². The van der Waals surface area contributed by atoms with Crippen LogP contribution in [0.5, 0.6) is 0 Å². The Hall–Kier alpha value is 0.810. The second-order valence-corrected chi connectivity index (χ2v) is 14.0. The second kappa shape index (κ2) is 9.28. The summed E-state index contributed by atoms with van der Waals surface area (Å²) in [5, 5.41) is 0. The molecule has 27 heteroatoms. The maximum atomic E-state index is 12.1. The standard InChI is InChI=1S/C6H12O21P6/c7-28(8)20-1-2(21-29(9,10)11)4-6(25-33(18,19)27-31(14,15)23-4)5-3(1)22-30(12,13)26-32(16,17)24-5/h1-6,9-11H,(H3-2,7,8,12,13,14,15,16,17,18,19)/p+2. The second-order valence-electron chi connectivity index (χ2n) is 6.21. The number of rotatable bonds is 4. The van der Waals surface area contributed by atoms with Gasteiger partial charge in [0.2, 0.25) is 0 Å². The predicted octanol–water partition coefficient (Wildman–Crippen LogP) is -0.923. The number of fused-ring (bicyclic) bond motifs is 3. The summed E-state index contributed by atoms with van der Waals surface area (Å²) in [5.74, 6) is 0. The monoisotopic (exact) mass is 608 g/mol. The highest BCUT2D eigenvalue weighted by atomic mass is 31.3. The molecule has 0 spiro atoms. The molecule has 0 bridgehead atoms. The van der Waals surface area contributed by atoms with Crippen LogP contribution in [0.3, 0.4) is 0 Å². The van der Waals surface area contributed by atoms with Gasteiger partial charge in [0.15, 0.2) is 12.2 Å². The Morgan fingerprint density at radius 1 is 0.667 bits per heavy atom. The van der Waals surface area contributed by atoms with E-state index in [0.29, 0.717) is 0 Å². The molecule has 21 nitrogen and oxygen atoms in total. The molecule has 3 rings (SSSR count). The molecular formula is C6H14O21P6+2. The highest BCUT2D eigenvalue weighted by molar-refractivity contribution is 7.62. The van der Waals surface area contributed by atoms with Crippen LogP contribution in [0.25, 0.3) is 0 Å². The maximum absolute atomic E-state index is 12.1. The van der Waals surface area contributed by atoms with E-state index < -0.39 is 84.3 Å². The Bertz CT molecular complexity index is 986. The van der Waals surface area contributed by atoms with Gasteiger partial charge in [-0.1, -0.05) is 0 Å². The van der Waals surface area contributed by atoms with E-state index >= 15 is 0 Å². The van der Waals surface area contributed by atoms with E-state index in [-0.39, 0.29) is 0 Å². The van der Waals surface area contributed by atoms with Crippen LogP contribution < -0.4 is 0 Å². The molecule has 1 saturated carbocycles. The lowest BCUT2D eigenvalue weighted by Crippen LogP contribution is -2.65. The van der Waals surface area contributed by atoms with Gasteiger partial charge in [0.1, 0.15) is 24.4 Å². The zero-order chi connectivity index (χ0) is 25.2. The molecule has 0 amide bonds. The van der Waals surface area contributed by atoms with Crippen LogP contribution >= 0.6 is 47.7 Å². The lowest BCUT2D eigenvalue weighted by atomic mass is 9.85. The molecule has 2 heterocycles. The molecule has 192 valence electrons. The molecule has 11 unspecified atom stereocenters. The molecule has 11 atom stereocenters. The summed E-state index contributed by atoms with van der Waals surface area (Å²) < 4.78 is 94.7. The predicted molar refractivity (Wildman–Crippen MR) is 94.1 cm³/mol. The van der Waals surface area contributed by atoms with Gasteiger partial charge in [-0.2, -0.15) is 23.3 Å². The molecule has 8 N–H and O–H groups in total. The van der Waals surface area contributed by atoms with Crippen molar-refractivity contribution in [2.75, 3.05) is 0 Å². The van der Waals surface area contributed by atoms with Crippen molar-refractivity contribution in [3.8, 4) is 0 Å². The van der Waals surface area contributed by atoms with Crippen molar-refractivity contribution in [3.05, 3.63) is 0 Å². The third kappa shape index (κ3) is 7.19. The summed E-state index contributed by atoms with van der Waals surface area (Å²) >= 11 is 0. The van der Waals surface area contributed by atoms with Gasteiger partial charge >= 0.3 is 47.7 Å². The van der Waals surface area contributed by atoms with Gasteiger partial charge < -0.3 is 19.6 Å². The Labute approximate surface area is 182 Å². The molecular weight excluding hydrogens is 594 g/mol. The van der Waals surface area contributed by atoms with Crippen molar-refractivity contribution in [3.63, 3.8) is 0 Å². The Morgan fingerprint density at radius 3 is 1.33 bits per heavy atom. The van der Waals surface area contributed by atoms with Crippen molar-refractivity contribution >= 4 is 47.7 Å². The molecule has 3 aliphatic rings. The van der Waals surface area contributed by atoms with Crippen LogP contribution in [0.15, 0.2) is 0 Å². The van der Waals surface area contributed by atoms with E-state index in [0.717, 1.165) is 0 Å². The van der Waals surface area contributed by atoms with Crippen molar-refractivity contribution < 1.29 is 97.7 Å².